The fourth-order valence-electron chi connectivity index (χ4n) is 4.16. The summed E-state index contributed by atoms with van der Waals surface area (Å²) in [7, 11) is 0. The minimum atomic E-state index is -0.591. The monoisotopic (exact) mass is 290 g/mol. The van der Waals surface area contributed by atoms with Crippen LogP contribution in [0.2, 0.25) is 0 Å². The Labute approximate surface area is 122 Å². The van der Waals surface area contributed by atoms with Crippen molar-refractivity contribution in [2.24, 2.45) is 5.41 Å². The lowest BCUT2D eigenvalue weighted by Crippen LogP contribution is -2.73. The third-order valence-electron chi connectivity index (χ3n) is 4.82. The molecule has 0 saturated carbocycles. The first-order chi connectivity index (χ1) is 10.1. The Bertz CT molecular complexity index is 539. The molecule has 1 N–H and O–H groups in total. The summed E-state index contributed by atoms with van der Waals surface area (Å²) in [4.78, 5) is 17.4. The smallest absolute Gasteiger partial charge is 0.269 e. The standard InChI is InChI=1S/C14H18N4O3/c19-13(11-1-3-12(4-2-11)18(20)21)14-5-15-8-16(6-14)10-17(7-14)9-15/h1-4,13,19H,5-10H2/t13-/m1/s1. The van der Waals surface area contributed by atoms with E-state index in [0.717, 1.165) is 45.2 Å². The highest BCUT2D eigenvalue weighted by Gasteiger charge is 2.52. The normalized spacial score (nSPS) is 38.4. The number of nitro groups is 1. The van der Waals surface area contributed by atoms with Gasteiger partial charge in [0.05, 0.1) is 31.0 Å². The zero-order chi connectivity index (χ0) is 14.6. The van der Waals surface area contributed by atoms with Crippen LogP contribution in [0.15, 0.2) is 24.3 Å². The highest BCUT2D eigenvalue weighted by Crippen LogP contribution is 2.44. The van der Waals surface area contributed by atoms with Gasteiger partial charge in [-0.25, -0.2) is 0 Å². The summed E-state index contributed by atoms with van der Waals surface area (Å²) in [5.41, 5.74) is 0.643. The van der Waals surface area contributed by atoms with Crippen LogP contribution in [-0.4, -0.2) is 64.4 Å². The summed E-state index contributed by atoms with van der Waals surface area (Å²) in [5.74, 6) is 0. The summed E-state index contributed by atoms with van der Waals surface area (Å²) in [5, 5.41) is 21.6. The van der Waals surface area contributed by atoms with E-state index in [9.17, 15) is 15.2 Å². The van der Waals surface area contributed by atoms with Crippen molar-refractivity contribution in [2.75, 3.05) is 39.6 Å². The van der Waals surface area contributed by atoms with Gasteiger partial charge in [-0.2, -0.15) is 0 Å². The predicted octanol–water partition coefficient (Wildman–Crippen LogP) is 0.434. The summed E-state index contributed by atoms with van der Waals surface area (Å²) >= 11 is 0. The van der Waals surface area contributed by atoms with Crippen LogP contribution in [0.5, 0.6) is 0 Å². The molecule has 112 valence electrons. The Morgan fingerprint density at radius 3 is 1.95 bits per heavy atom. The summed E-state index contributed by atoms with van der Waals surface area (Å²) in [6.45, 7) is 5.59. The van der Waals surface area contributed by atoms with Crippen molar-refractivity contribution >= 4 is 5.69 Å². The van der Waals surface area contributed by atoms with Gasteiger partial charge in [0.25, 0.3) is 5.69 Å². The van der Waals surface area contributed by atoms with Crippen LogP contribution in [0.25, 0.3) is 0 Å². The zero-order valence-corrected chi connectivity index (χ0v) is 11.7. The summed E-state index contributed by atoms with van der Waals surface area (Å²) in [6.07, 6.45) is -0.591. The average molecular weight is 290 g/mol. The van der Waals surface area contributed by atoms with Gasteiger partial charge >= 0.3 is 0 Å². The van der Waals surface area contributed by atoms with Gasteiger partial charge in [-0.15, -0.1) is 0 Å². The molecular formula is C14H18N4O3. The molecule has 4 heterocycles. The Morgan fingerprint density at radius 2 is 1.52 bits per heavy atom. The van der Waals surface area contributed by atoms with E-state index in [1.807, 2.05) is 0 Å². The molecule has 1 aromatic carbocycles. The minimum absolute atomic E-state index is 0.0627. The lowest BCUT2D eigenvalue weighted by Gasteiger charge is -2.61. The lowest BCUT2D eigenvalue weighted by atomic mass is 9.74. The Kier molecular flexibility index (Phi) is 2.80. The van der Waals surface area contributed by atoms with Crippen LogP contribution in [-0.2, 0) is 0 Å². The van der Waals surface area contributed by atoms with Gasteiger partial charge in [0.15, 0.2) is 0 Å². The summed E-state index contributed by atoms with van der Waals surface area (Å²) < 4.78 is 0. The molecule has 4 fully saturated rings. The third-order valence-corrected chi connectivity index (χ3v) is 4.82. The largest absolute Gasteiger partial charge is 0.388 e. The quantitative estimate of drug-likeness (QED) is 0.643. The number of aliphatic hydroxyl groups is 1. The lowest BCUT2D eigenvalue weighted by molar-refractivity contribution is -0.384. The van der Waals surface area contributed by atoms with Crippen LogP contribution in [0.1, 0.15) is 11.7 Å². The second-order valence-electron chi connectivity index (χ2n) is 6.52. The fourth-order valence-corrected chi connectivity index (χ4v) is 4.16. The number of rotatable bonds is 3. The van der Waals surface area contributed by atoms with E-state index in [1.165, 1.54) is 12.1 Å². The number of non-ortho nitro benzene ring substituents is 1. The van der Waals surface area contributed by atoms with E-state index < -0.39 is 11.0 Å². The van der Waals surface area contributed by atoms with Crippen molar-refractivity contribution in [3.05, 3.63) is 39.9 Å². The molecule has 21 heavy (non-hydrogen) atoms. The van der Waals surface area contributed by atoms with Gasteiger partial charge in [-0.1, -0.05) is 0 Å². The van der Waals surface area contributed by atoms with Gasteiger partial charge < -0.3 is 5.11 Å². The highest BCUT2D eigenvalue weighted by molar-refractivity contribution is 5.34. The molecule has 1 aromatic rings. The zero-order valence-electron chi connectivity index (χ0n) is 11.7. The molecule has 7 nitrogen and oxygen atoms in total. The van der Waals surface area contributed by atoms with Crippen molar-refractivity contribution in [1.82, 2.24) is 14.7 Å². The van der Waals surface area contributed by atoms with E-state index in [2.05, 4.69) is 14.7 Å². The topological polar surface area (TPSA) is 73.1 Å². The van der Waals surface area contributed by atoms with Gasteiger partial charge in [0.1, 0.15) is 0 Å². The molecule has 1 atom stereocenters. The molecule has 4 saturated heterocycles. The van der Waals surface area contributed by atoms with Crippen molar-refractivity contribution in [3.63, 3.8) is 0 Å². The molecule has 4 aliphatic rings. The van der Waals surface area contributed by atoms with E-state index in [0.29, 0.717) is 0 Å². The number of hydrogen-bond donors (Lipinski definition) is 1. The molecule has 0 aromatic heterocycles. The number of nitrogens with zero attached hydrogens (tertiary/aromatic N) is 4. The number of aliphatic hydroxyl groups excluding tert-OH is 1. The summed E-state index contributed by atoms with van der Waals surface area (Å²) in [6, 6.07) is 6.31. The molecule has 7 heteroatoms. The van der Waals surface area contributed by atoms with Crippen molar-refractivity contribution in [1.29, 1.82) is 0 Å². The van der Waals surface area contributed by atoms with E-state index in [-0.39, 0.29) is 11.1 Å². The molecule has 0 spiro atoms. The molecule has 0 amide bonds. The van der Waals surface area contributed by atoms with Crippen molar-refractivity contribution in [2.45, 2.75) is 6.10 Å². The molecular weight excluding hydrogens is 272 g/mol. The van der Waals surface area contributed by atoms with Crippen molar-refractivity contribution in [3.8, 4) is 0 Å². The number of nitro benzene ring substituents is 1. The second-order valence-corrected chi connectivity index (χ2v) is 6.52. The van der Waals surface area contributed by atoms with Gasteiger partial charge in [-0.05, 0) is 17.7 Å². The highest BCUT2D eigenvalue weighted by atomic mass is 16.6. The van der Waals surface area contributed by atoms with Crippen LogP contribution >= 0.6 is 0 Å². The first kappa shape index (κ1) is 13.1. The molecule has 0 aliphatic carbocycles. The van der Waals surface area contributed by atoms with Crippen LogP contribution in [0, 0.1) is 15.5 Å². The SMILES string of the molecule is O=[N+]([O-])c1ccc([C@@H](O)C23CN4CN(CN(C4)C2)C3)cc1. The average Bonchev–Trinajstić information content (AvgIpc) is 2.45. The Hall–Kier alpha value is -1.54. The first-order valence-corrected chi connectivity index (χ1v) is 7.15. The van der Waals surface area contributed by atoms with Crippen LogP contribution in [0.3, 0.4) is 0 Å². The maximum absolute atomic E-state index is 10.9. The maximum atomic E-state index is 10.9. The van der Waals surface area contributed by atoms with Crippen molar-refractivity contribution < 1.29 is 10.0 Å². The Balaban J connectivity index is 1.62. The fraction of sp³-hybridized carbons (Fsp3) is 0.571. The van der Waals surface area contributed by atoms with Crippen LogP contribution < -0.4 is 0 Å². The van der Waals surface area contributed by atoms with Gasteiger partial charge in [0.2, 0.25) is 0 Å². The molecule has 0 radical (unpaired) electrons. The minimum Gasteiger partial charge on any atom is -0.388 e. The number of benzene rings is 1. The van der Waals surface area contributed by atoms with E-state index >= 15 is 0 Å². The molecule has 4 aliphatic heterocycles. The third kappa shape index (κ3) is 2.04. The predicted molar refractivity (Wildman–Crippen MR) is 75.2 cm³/mol. The molecule has 5 rings (SSSR count). The molecule has 4 bridgehead atoms. The molecule has 0 unspecified atom stereocenters. The second kappa shape index (κ2) is 4.48. The Morgan fingerprint density at radius 1 is 1.05 bits per heavy atom. The number of hydrogen-bond acceptors (Lipinski definition) is 6. The van der Waals surface area contributed by atoms with E-state index in [4.69, 9.17) is 0 Å². The van der Waals surface area contributed by atoms with Gasteiger partial charge in [0, 0.05) is 37.2 Å². The van der Waals surface area contributed by atoms with E-state index in [1.54, 1.807) is 12.1 Å². The first-order valence-electron chi connectivity index (χ1n) is 7.15. The van der Waals surface area contributed by atoms with Gasteiger partial charge in [-0.3, -0.25) is 24.8 Å². The van der Waals surface area contributed by atoms with Crippen LogP contribution in [0.4, 0.5) is 5.69 Å². The maximum Gasteiger partial charge on any atom is 0.269 e.